The van der Waals surface area contributed by atoms with Gasteiger partial charge in [-0.05, 0) is 38.2 Å². The average Bonchev–Trinajstić information content (AvgIpc) is 3.12. The first kappa shape index (κ1) is 22.6. The van der Waals surface area contributed by atoms with Crippen LogP contribution < -0.4 is 5.32 Å². The maximum absolute atomic E-state index is 12.5. The van der Waals surface area contributed by atoms with Gasteiger partial charge in [0.15, 0.2) is 5.78 Å². The van der Waals surface area contributed by atoms with Crippen LogP contribution in [0, 0.1) is 34.1 Å². The van der Waals surface area contributed by atoms with E-state index in [4.69, 9.17) is 4.74 Å². The summed E-state index contributed by atoms with van der Waals surface area (Å²) >= 11 is 0.881. The Morgan fingerprint density at radius 2 is 1.83 bits per heavy atom. The summed E-state index contributed by atoms with van der Waals surface area (Å²) in [6.45, 7) is 5.17. The number of aromatic nitrogens is 2. The molecule has 0 fully saturated rings. The number of nitrogens with zero attached hydrogens (tertiary/aromatic N) is 4. The number of nitro groups is 2. The van der Waals surface area contributed by atoms with Gasteiger partial charge in [0.2, 0.25) is 5.91 Å². The summed E-state index contributed by atoms with van der Waals surface area (Å²) in [5, 5.41) is 28.1. The van der Waals surface area contributed by atoms with Gasteiger partial charge in [-0.15, -0.1) is 11.3 Å². The number of carbonyl (C=O) groups is 3. The maximum Gasteiger partial charge on any atom is 0.468 e. The number of rotatable bonds is 8. The van der Waals surface area contributed by atoms with Crippen LogP contribution in [0.3, 0.4) is 0 Å². The van der Waals surface area contributed by atoms with Crippen LogP contribution in [0.5, 0.6) is 0 Å². The number of Topliss-reactive ketones (excluding diaryl/α,β-unsaturated/α-hetero) is 1. The van der Waals surface area contributed by atoms with Gasteiger partial charge < -0.3 is 20.2 Å². The molecule has 0 aromatic carbocycles. The second kappa shape index (κ2) is 8.77. The second-order valence-electron chi connectivity index (χ2n) is 6.01. The molecule has 30 heavy (non-hydrogen) atoms. The Balaban J connectivity index is 2.38. The van der Waals surface area contributed by atoms with E-state index in [2.05, 4.69) is 10.4 Å². The molecule has 2 aromatic heterocycles. The highest BCUT2D eigenvalue weighted by Crippen LogP contribution is 2.34. The first-order valence-electron chi connectivity index (χ1n) is 8.47. The van der Waals surface area contributed by atoms with Gasteiger partial charge in [0.1, 0.15) is 17.2 Å². The fraction of sp³-hybridized carbons (Fsp3) is 0.375. The minimum absolute atomic E-state index is 0.0227. The van der Waals surface area contributed by atoms with E-state index in [1.54, 1.807) is 13.8 Å². The molecule has 0 unspecified atom stereocenters. The van der Waals surface area contributed by atoms with Crippen LogP contribution in [0.15, 0.2) is 0 Å². The van der Waals surface area contributed by atoms with Crippen molar-refractivity contribution < 1.29 is 29.0 Å². The third-order valence-electron chi connectivity index (χ3n) is 4.01. The molecule has 1 N–H and O–H groups in total. The molecule has 2 rings (SSSR count). The zero-order valence-corrected chi connectivity index (χ0v) is 17.2. The number of nitrogens with one attached hydrogen (secondary N) is 1. The van der Waals surface area contributed by atoms with Gasteiger partial charge >= 0.3 is 17.5 Å². The molecule has 2 heterocycles. The predicted molar refractivity (Wildman–Crippen MR) is 104 cm³/mol. The third-order valence-corrected chi connectivity index (χ3v) is 5.31. The minimum Gasteiger partial charge on any atom is -0.462 e. The van der Waals surface area contributed by atoms with Crippen LogP contribution in [0.1, 0.15) is 45.1 Å². The van der Waals surface area contributed by atoms with Gasteiger partial charge in [-0.3, -0.25) is 19.7 Å². The summed E-state index contributed by atoms with van der Waals surface area (Å²) in [4.78, 5) is 56.9. The molecule has 0 radical (unpaired) electrons. The lowest BCUT2D eigenvalue weighted by molar-refractivity contribution is -0.424. The fourth-order valence-electron chi connectivity index (χ4n) is 2.70. The maximum atomic E-state index is 12.5. The Bertz CT molecular complexity index is 1070. The Hall–Kier alpha value is -3.68. The van der Waals surface area contributed by atoms with Gasteiger partial charge in [-0.25, -0.2) is 4.79 Å². The summed E-state index contributed by atoms with van der Waals surface area (Å²) in [7, 11) is 0. The molecule has 13 nitrogen and oxygen atoms in total. The van der Waals surface area contributed by atoms with E-state index in [1.807, 2.05) is 0 Å². The monoisotopic (exact) mass is 439 g/mol. The van der Waals surface area contributed by atoms with Gasteiger partial charge in [0.05, 0.1) is 27.1 Å². The quantitative estimate of drug-likeness (QED) is 0.280. The molecule has 2 aromatic rings. The van der Waals surface area contributed by atoms with Gasteiger partial charge in [0.25, 0.3) is 0 Å². The molecule has 14 heteroatoms. The minimum atomic E-state index is -1.01. The zero-order chi connectivity index (χ0) is 22.7. The standard InChI is InChI=1S/C16H17N5O8S/c1-5-29-16(24)11-7(2)13(9(4)22)30-15(11)17-10(23)6-19-8(3)12(20(25)26)14(18-19)21(27)28/h5-6H2,1-4H3,(H,17,23). The van der Waals surface area contributed by atoms with Crippen LogP contribution in [-0.2, 0) is 16.1 Å². The lowest BCUT2D eigenvalue weighted by Crippen LogP contribution is -2.21. The first-order valence-corrected chi connectivity index (χ1v) is 9.28. The molecule has 0 saturated heterocycles. The predicted octanol–water partition coefficient (Wildman–Crippen LogP) is 2.40. The molecule has 0 aliphatic carbocycles. The van der Waals surface area contributed by atoms with Crippen molar-refractivity contribution in [3.63, 3.8) is 0 Å². The van der Waals surface area contributed by atoms with Crippen molar-refractivity contribution in [3.8, 4) is 0 Å². The SMILES string of the molecule is CCOC(=O)c1c(NC(=O)Cn2nc([N+](=O)[O-])c([N+](=O)[O-])c2C)sc(C(C)=O)c1C. The van der Waals surface area contributed by atoms with E-state index < -0.39 is 39.8 Å². The number of esters is 1. The topological polar surface area (TPSA) is 177 Å². The van der Waals surface area contributed by atoms with Gasteiger partial charge in [-0.1, -0.05) is 0 Å². The number of ether oxygens (including phenoxy) is 1. The summed E-state index contributed by atoms with van der Waals surface area (Å²) < 4.78 is 5.79. The van der Waals surface area contributed by atoms with Crippen LogP contribution in [0.2, 0.25) is 0 Å². The Morgan fingerprint density at radius 3 is 2.30 bits per heavy atom. The molecular weight excluding hydrogens is 422 g/mol. The second-order valence-corrected chi connectivity index (χ2v) is 7.04. The molecule has 0 bridgehead atoms. The van der Waals surface area contributed by atoms with E-state index in [-0.39, 0.29) is 33.5 Å². The Kier molecular flexibility index (Phi) is 6.61. The summed E-state index contributed by atoms with van der Waals surface area (Å²) in [6, 6.07) is 0. The number of thiophene rings is 1. The normalized spacial score (nSPS) is 10.5. The smallest absolute Gasteiger partial charge is 0.462 e. The largest absolute Gasteiger partial charge is 0.468 e. The molecule has 160 valence electrons. The Morgan fingerprint density at radius 1 is 1.20 bits per heavy atom. The van der Waals surface area contributed by atoms with Crippen molar-refractivity contribution in [2.45, 2.75) is 34.2 Å². The summed E-state index contributed by atoms with van der Waals surface area (Å²) in [5.41, 5.74) is -0.623. The van der Waals surface area contributed by atoms with Crippen molar-refractivity contribution in [2.24, 2.45) is 0 Å². The molecular formula is C16H17N5O8S. The van der Waals surface area contributed by atoms with Crippen LogP contribution in [-0.4, -0.2) is 43.9 Å². The van der Waals surface area contributed by atoms with Crippen molar-refractivity contribution in [2.75, 3.05) is 11.9 Å². The number of ketones is 1. The number of amides is 1. The zero-order valence-electron chi connectivity index (χ0n) is 16.4. The molecule has 1 amide bonds. The fourth-order valence-corrected chi connectivity index (χ4v) is 3.81. The first-order chi connectivity index (χ1) is 14.0. The van der Waals surface area contributed by atoms with Crippen LogP contribution in [0.25, 0.3) is 0 Å². The van der Waals surface area contributed by atoms with Crippen molar-refractivity contribution in [1.82, 2.24) is 9.78 Å². The number of hydrogen-bond donors (Lipinski definition) is 1. The molecule has 0 aliphatic heterocycles. The van der Waals surface area contributed by atoms with Crippen molar-refractivity contribution in [3.05, 3.63) is 41.9 Å². The van der Waals surface area contributed by atoms with Crippen molar-refractivity contribution in [1.29, 1.82) is 0 Å². The molecule has 0 aliphatic rings. The third kappa shape index (κ3) is 4.32. The highest BCUT2D eigenvalue weighted by molar-refractivity contribution is 7.18. The van der Waals surface area contributed by atoms with E-state index in [0.717, 1.165) is 16.0 Å². The highest BCUT2D eigenvalue weighted by atomic mass is 32.1. The van der Waals surface area contributed by atoms with Crippen LogP contribution in [0.4, 0.5) is 16.5 Å². The Labute approximate surface area is 172 Å². The summed E-state index contributed by atoms with van der Waals surface area (Å²) in [5.74, 6) is -2.77. The number of anilines is 1. The van der Waals surface area contributed by atoms with E-state index >= 15 is 0 Å². The number of hydrogen-bond acceptors (Lipinski definition) is 10. The molecule has 0 saturated carbocycles. The van der Waals surface area contributed by atoms with E-state index in [9.17, 15) is 34.6 Å². The van der Waals surface area contributed by atoms with E-state index in [1.165, 1.54) is 13.8 Å². The molecule has 0 spiro atoms. The van der Waals surface area contributed by atoms with Gasteiger partial charge in [-0.2, -0.15) is 4.68 Å². The van der Waals surface area contributed by atoms with Crippen LogP contribution >= 0.6 is 11.3 Å². The van der Waals surface area contributed by atoms with Crippen molar-refractivity contribution >= 4 is 45.5 Å². The lowest BCUT2D eigenvalue weighted by atomic mass is 10.1. The van der Waals surface area contributed by atoms with E-state index in [0.29, 0.717) is 5.56 Å². The van der Waals surface area contributed by atoms with Gasteiger partial charge in [0, 0.05) is 0 Å². The highest BCUT2D eigenvalue weighted by Gasteiger charge is 2.36. The number of carbonyl (C=O) groups excluding carboxylic acids is 3. The molecule has 0 atom stereocenters. The summed E-state index contributed by atoms with van der Waals surface area (Å²) in [6.07, 6.45) is 0. The average molecular weight is 439 g/mol. The lowest BCUT2D eigenvalue weighted by Gasteiger charge is -2.06.